The first-order valence-electron chi connectivity index (χ1n) is 7.07. The van der Waals surface area contributed by atoms with Crippen molar-refractivity contribution in [1.82, 2.24) is 4.98 Å². The van der Waals surface area contributed by atoms with Gasteiger partial charge in [-0.15, -0.1) is 0 Å². The number of anilines is 1. The van der Waals surface area contributed by atoms with Gasteiger partial charge in [-0.2, -0.15) is 0 Å². The van der Waals surface area contributed by atoms with Gasteiger partial charge < -0.3 is 4.74 Å². The Morgan fingerprint density at radius 3 is 2.87 bits per heavy atom. The molecule has 0 aliphatic heterocycles. The van der Waals surface area contributed by atoms with Gasteiger partial charge in [0.05, 0.1) is 10.2 Å². The van der Waals surface area contributed by atoms with Crippen LogP contribution in [0.3, 0.4) is 0 Å². The zero-order chi connectivity index (χ0) is 16.4. The molecule has 2 aromatic carbocycles. The number of benzene rings is 2. The summed E-state index contributed by atoms with van der Waals surface area (Å²) in [6.07, 6.45) is 0. The number of rotatable bonds is 4. The van der Waals surface area contributed by atoms with Crippen LogP contribution in [0.5, 0.6) is 5.75 Å². The van der Waals surface area contributed by atoms with Crippen molar-refractivity contribution in [2.45, 2.75) is 13.8 Å². The first-order valence-corrected chi connectivity index (χ1v) is 8.27. The molecular formula is C17H15ClN2O2S. The molecule has 1 heterocycles. The number of aromatic nitrogens is 1. The minimum Gasteiger partial charge on any atom is -0.483 e. The van der Waals surface area contributed by atoms with E-state index < -0.39 is 0 Å². The second kappa shape index (κ2) is 6.56. The van der Waals surface area contributed by atoms with Crippen molar-refractivity contribution in [2.24, 2.45) is 0 Å². The van der Waals surface area contributed by atoms with Crippen LogP contribution in [0.25, 0.3) is 10.2 Å². The first-order chi connectivity index (χ1) is 11.0. The highest BCUT2D eigenvalue weighted by Crippen LogP contribution is 2.26. The van der Waals surface area contributed by atoms with Crippen LogP contribution < -0.4 is 10.1 Å². The second-order valence-electron chi connectivity index (χ2n) is 5.24. The number of aryl methyl sites for hydroxylation is 2. The van der Waals surface area contributed by atoms with E-state index in [0.717, 1.165) is 15.8 Å². The molecule has 1 amide bonds. The highest BCUT2D eigenvalue weighted by Gasteiger charge is 2.09. The molecule has 0 radical (unpaired) electrons. The summed E-state index contributed by atoms with van der Waals surface area (Å²) in [5.41, 5.74) is 2.94. The van der Waals surface area contributed by atoms with Crippen LogP contribution >= 0.6 is 22.9 Å². The van der Waals surface area contributed by atoms with Crippen molar-refractivity contribution in [3.63, 3.8) is 0 Å². The molecule has 3 rings (SSSR count). The lowest BCUT2D eigenvalue weighted by Gasteiger charge is -2.08. The van der Waals surface area contributed by atoms with Gasteiger partial charge in [-0.1, -0.05) is 29.0 Å². The maximum Gasteiger partial charge on any atom is 0.264 e. The van der Waals surface area contributed by atoms with E-state index in [0.29, 0.717) is 15.9 Å². The Labute approximate surface area is 143 Å². The number of ether oxygens (including phenoxy) is 1. The number of fused-ring (bicyclic) bond motifs is 1. The van der Waals surface area contributed by atoms with Gasteiger partial charge in [-0.05, 0) is 55.3 Å². The Morgan fingerprint density at radius 2 is 2.09 bits per heavy atom. The van der Waals surface area contributed by atoms with Gasteiger partial charge in [0.15, 0.2) is 11.7 Å². The molecule has 1 N–H and O–H groups in total. The lowest BCUT2D eigenvalue weighted by atomic mass is 10.2. The minimum atomic E-state index is -0.241. The molecule has 0 aliphatic carbocycles. The third kappa shape index (κ3) is 3.81. The molecule has 23 heavy (non-hydrogen) atoms. The maximum atomic E-state index is 12.0. The van der Waals surface area contributed by atoms with Crippen LogP contribution in [0.2, 0.25) is 5.02 Å². The third-order valence-corrected chi connectivity index (χ3v) is 4.45. The van der Waals surface area contributed by atoms with E-state index in [9.17, 15) is 4.79 Å². The van der Waals surface area contributed by atoms with Crippen molar-refractivity contribution in [3.05, 3.63) is 52.5 Å². The lowest BCUT2D eigenvalue weighted by Crippen LogP contribution is -2.20. The molecule has 0 saturated heterocycles. The Hall–Kier alpha value is -2.11. The zero-order valence-corrected chi connectivity index (χ0v) is 14.3. The quantitative estimate of drug-likeness (QED) is 0.752. The standard InChI is InChI=1S/C17H15ClN2O2S/c1-10-3-5-13-15(7-10)23-17(19-13)20-16(21)9-22-14-6-4-12(18)8-11(14)2/h3-8H,9H2,1-2H3,(H,19,20,21). The van der Waals surface area contributed by atoms with E-state index in [1.165, 1.54) is 16.9 Å². The summed E-state index contributed by atoms with van der Waals surface area (Å²) >= 11 is 7.35. The maximum absolute atomic E-state index is 12.0. The van der Waals surface area contributed by atoms with Gasteiger partial charge >= 0.3 is 0 Å². The smallest absolute Gasteiger partial charge is 0.264 e. The Bertz CT molecular complexity index is 876. The molecule has 3 aromatic rings. The van der Waals surface area contributed by atoms with Crippen LogP contribution in [0.15, 0.2) is 36.4 Å². The zero-order valence-electron chi connectivity index (χ0n) is 12.7. The van der Waals surface area contributed by atoms with Gasteiger partial charge in [-0.3, -0.25) is 10.1 Å². The third-order valence-electron chi connectivity index (χ3n) is 3.29. The van der Waals surface area contributed by atoms with E-state index in [4.69, 9.17) is 16.3 Å². The molecular weight excluding hydrogens is 332 g/mol. The monoisotopic (exact) mass is 346 g/mol. The van der Waals surface area contributed by atoms with Crippen LogP contribution in [-0.2, 0) is 4.79 Å². The van der Waals surface area contributed by atoms with E-state index >= 15 is 0 Å². The summed E-state index contributed by atoms with van der Waals surface area (Å²) < 4.78 is 6.58. The fourth-order valence-electron chi connectivity index (χ4n) is 2.16. The van der Waals surface area contributed by atoms with Crippen molar-refractivity contribution >= 4 is 44.2 Å². The van der Waals surface area contributed by atoms with Crippen LogP contribution in [0.4, 0.5) is 5.13 Å². The summed E-state index contributed by atoms with van der Waals surface area (Å²) in [5, 5.41) is 3.99. The van der Waals surface area contributed by atoms with Gasteiger partial charge in [0.25, 0.3) is 5.91 Å². The average molecular weight is 347 g/mol. The molecule has 118 valence electrons. The average Bonchev–Trinajstić information content (AvgIpc) is 2.87. The van der Waals surface area contributed by atoms with Gasteiger partial charge in [0.2, 0.25) is 0 Å². The SMILES string of the molecule is Cc1ccc2nc(NC(=O)COc3ccc(Cl)cc3C)sc2c1. The van der Waals surface area contributed by atoms with Crippen molar-refractivity contribution in [1.29, 1.82) is 0 Å². The number of carbonyl (C=O) groups excluding carboxylic acids is 1. The summed E-state index contributed by atoms with van der Waals surface area (Å²) in [7, 11) is 0. The van der Waals surface area contributed by atoms with Gasteiger partial charge in [0.1, 0.15) is 5.75 Å². The van der Waals surface area contributed by atoms with Gasteiger partial charge in [-0.25, -0.2) is 4.98 Å². The molecule has 1 aromatic heterocycles. The number of carbonyl (C=O) groups is 1. The molecule has 0 bridgehead atoms. The predicted molar refractivity (Wildman–Crippen MR) is 94.7 cm³/mol. The molecule has 4 nitrogen and oxygen atoms in total. The van der Waals surface area contributed by atoms with E-state index in [2.05, 4.69) is 16.4 Å². The van der Waals surface area contributed by atoms with Crippen molar-refractivity contribution in [3.8, 4) is 5.75 Å². The van der Waals surface area contributed by atoms with Crippen LogP contribution in [0, 0.1) is 13.8 Å². The largest absolute Gasteiger partial charge is 0.483 e. The molecule has 0 fully saturated rings. The number of thiazole rings is 1. The molecule has 0 aliphatic rings. The van der Waals surface area contributed by atoms with E-state index in [-0.39, 0.29) is 12.5 Å². The topological polar surface area (TPSA) is 51.2 Å². The molecule has 0 atom stereocenters. The fraction of sp³-hybridized carbons (Fsp3) is 0.176. The number of nitrogens with zero attached hydrogens (tertiary/aromatic N) is 1. The molecule has 0 unspecified atom stereocenters. The number of amides is 1. The number of halogens is 1. The fourth-order valence-corrected chi connectivity index (χ4v) is 3.37. The summed E-state index contributed by atoms with van der Waals surface area (Å²) in [5.74, 6) is 0.402. The highest BCUT2D eigenvalue weighted by atomic mass is 35.5. The molecule has 0 saturated carbocycles. The van der Waals surface area contributed by atoms with E-state index in [1.807, 2.05) is 26.0 Å². The Balaban J connectivity index is 1.64. The van der Waals surface area contributed by atoms with Crippen molar-refractivity contribution in [2.75, 3.05) is 11.9 Å². The summed E-state index contributed by atoms with van der Waals surface area (Å²) in [6.45, 7) is 3.84. The van der Waals surface area contributed by atoms with E-state index in [1.54, 1.807) is 18.2 Å². The molecule has 0 spiro atoms. The lowest BCUT2D eigenvalue weighted by molar-refractivity contribution is -0.118. The summed E-state index contributed by atoms with van der Waals surface area (Å²) in [6, 6.07) is 11.3. The normalized spacial score (nSPS) is 10.7. The highest BCUT2D eigenvalue weighted by molar-refractivity contribution is 7.22. The number of hydrogen-bond donors (Lipinski definition) is 1. The summed E-state index contributed by atoms with van der Waals surface area (Å²) in [4.78, 5) is 16.4. The number of hydrogen-bond acceptors (Lipinski definition) is 4. The van der Waals surface area contributed by atoms with Gasteiger partial charge in [0, 0.05) is 5.02 Å². The number of nitrogens with one attached hydrogen (secondary N) is 1. The van der Waals surface area contributed by atoms with Crippen LogP contribution in [0.1, 0.15) is 11.1 Å². The predicted octanol–water partition coefficient (Wildman–Crippen LogP) is 4.58. The minimum absolute atomic E-state index is 0.0720. The van der Waals surface area contributed by atoms with Crippen molar-refractivity contribution < 1.29 is 9.53 Å². The Morgan fingerprint density at radius 1 is 1.26 bits per heavy atom. The second-order valence-corrected chi connectivity index (χ2v) is 6.70. The molecule has 6 heteroatoms. The Kier molecular flexibility index (Phi) is 4.50. The first kappa shape index (κ1) is 15.8. The van der Waals surface area contributed by atoms with Crippen LogP contribution in [-0.4, -0.2) is 17.5 Å².